The fraction of sp³-hybridized carbons (Fsp3) is 0.423. The normalized spacial score (nSPS) is 18.0. The van der Waals surface area contributed by atoms with E-state index in [4.69, 9.17) is 14.2 Å². The SMILES string of the molecule is CCc1c(F)ccc2c1=C(c1nc(OC)c3c(N4CCCOCC4)nc(OC)nc3c1F)CC(O)C=2. The zero-order chi connectivity index (χ0) is 25.4. The predicted molar refractivity (Wildman–Crippen MR) is 131 cm³/mol. The third kappa shape index (κ3) is 4.14. The van der Waals surface area contributed by atoms with Crippen LogP contribution in [0.15, 0.2) is 12.1 Å². The molecule has 1 aliphatic carbocycles. The fourth-order valence-corrected chi connectivity index (χ4v) is 5.00. The molecule has 1 aliphatic heterocycles. The van der Waals surface area contributed by atoms with E-state index in [1.54, 1.807) is 12.1 Å². The summed E-state index contributed by atoms with van der Waals surface area (Å²) in [7, 11) is 2.87. The molecule has 2 aliphatic rings. The Balaban J connectivity index is 1.86. The number of halogens is 2. The van der Waals surface area contributed by atoms with Crippen LogP contribution in [0.2, 0.25) is 0 Å². The summed E-state index contributed by atoms with van der Waals surface area (Å²) in [6, 6.07) is 2.96. The monoisotopic (exact) mass is 498 g/mol. The zero-order valence-electron chi connectivity index (χ0n) is 20.5. The van der Waals surface area contributed by atoms with Gasteiger partial charge in [-0.3, -0.25) is 0 Å². The number of pyridine rings is 1. The maximum Gasteiger partial charge on any atom is 0.318 e. The smallest absolute Gasteiger partial charge is 0.318 e. The van der Waals surface area contributed by atoms with Gasteiger partial charge >= 0.3 is 6.01 Å². The minimum absolute atomic E-state index is 0.00322. The number of anilines is 1. The summed E-state index contributed by atoms with van der Waals surface area (Å²) >= 11 is 0. The molecule has 0 spiro atoms. The summed E-state index contributed by atoms with van der Waals surface area (Å²) in [4.78, 5) is 15.4. The van der Waals surface area contributed by atoms with Gasteiger partial charge in [-0.15, -0.1) is 0 Å². The van der Waals surface area contributed by atoms with Gasteiger partial charge in [-0.1, -0.05) is 13.0 Å². The second-order valence-corrected chi connectivity index (χ2v) is 8.75. The lowest BCUT2D eigenvalue weighted by Gasteiger charge is -2.24. The molecular formula is C26H28F2N4O4. The molecule has 190 valence electrons. The van der Waals surface area contributed by atoms with E-state index >= 15 is 4.39 Å². The first-order valence-electron chi connectivity index (χ1n) is 12.0. The lowest BCUT2D eigenvalue weighted by atomic mass is 9.91. The van der Waals surface area contributed by atoms with Crippen molar-refractivity contribution in [3.8, 4) is 11.9 Å². The highest BCUT2D eigenvalue weighted by Crippen LogP contribution is 2.37. The van der Waals surface area contributed by atoms with Gasteiger partial charge in [0, 0.05) is 26.1 Å². The number of hydrogen-bond donors (Lipinski definition) is 1. The topological polar surface area (TPSA) is 89.8 Å². The number of aliphatic hydroxyl groups excluding tert-OH is 1. The van der Waals surface area contributed by atoms with Crippen LogP contribution in [0.4, 0.5) is 14.6 Å². The molecule has 0 bridgehead atoms. The van der Waals surface area contributed by atoms with Crippen LogP contribution >= 0.6 is 0 Å². The standard InChI is InChI=1S/C26H28F2N4O4/c1-4-16-18(27)7-6-14-12-15(33)13-17(19(14)16)22-21(28)23-20(25(29-22)34-2)24(31-26(30-23)35-3)32-8-5-10-36-11-9-32/h6-7,12,15,33H,4-5,8-11,13H2,1-3H3. The maximum absolute atomic E-state index is 16.4. The van der Waals surface area contributed by atoms with Crippen molar-refractivity contribution >= 4 is 28.4 Å². The van der Waals surface area contributed by atoms with E-state index < -0.39 is 11.9 Å². The van der Waals surface area contributed by atoms with Crippen molar-refractivity contribution in [1.29, 1.82) is 0 Å². The highest BCUT2D eigenvalue weighted by atomic mass is 19.1. The molecule has 0 radical (unpaired) electrons. The van der Waals surface area contributed by atoms with Gasteiger partial charge in [0.2, 0.25) is 5.88 Å². The van der Waals surface area contributed by atoms with Crippen LogP contribution in [0, 0.1) is 11.6 Å². The maximum atomic E-state index is 16.4. The molecule has 10 heteroatoms. The summed E-state index contributed by atoms with van der Waals surface area (Å²) in [5.41, 5.74) is 0.781. The van der Waals surface area contributed by atoms with Gasteiger partial charge in [-0.2, -0.15) is 9.97 Å². The van der Waals surface area contributed by atoms with Crippen LogP contribution in [0.3, 0.4) is 0 Å². The Kier molecular flexibility index (Phi) is 6.72. The van der Waals surface area contributed by atoms with Gasteiger partial charge in [-0.25, -0.2) is 13.8 Å². The largest absolute Gasteiger partial charge is 0.480 e. The van der Waals surface area contributed by atoms with Gasteiger partial charge in [0.15, 0.2) is 5.82 Å². The molecule has 8 nitrogen and oxygen atoms in total. The van der Waals surface area contributed by atoms with Crippen LogP contribution in [0.1, 0.15) is 31.0 Å². The third-order valence-corrected chi connectivity index (χ3v) is 6.62. The number of hydrogen-bond acceptors (Lipinski definition) is 8. The van der Waals surface area contributed by atoms with Crippen molar-refractivity contribution in [1.82, 2.24) is 15.0 Å². The quantitative estimate of drug-likeness (QED) is 0.570. The Morgan fingerprint density at radius 2 is 1.94 bits per heavy atom. The minimum atomic E-state index is -0.877. The van der Waals surface area contributed by atoms with Gasteiger partial charge in [0.1, 0.15) is 28.2 Å². The highest BCUT2D eigenvalue weighted by Gasteiger charge is 2.28. The second kappa shape index (κ2) is 9.94. The summed E-state index contributed by atoms with van der Waals surface area (Å²) in [6.07, 6.45) is 2.02. The van der Waals surface area contributed by atoms with Crippen molar-refractivity contribution in [2.45, 2.75) is 32.3 Å². The molecular weight excluding hydrogens is 470 g/mol. The Hall–Kier alpha value is -3.37. The van der Waals surface area contributed by atoms with Crippen LogP contribution in [0.25, 0.3) is 22.6 Å². The molecule has 1 fully saturated rings. The molecule has 1 saturated heterocycles. The molecule has 5 rings (SSSR count). The highest BCUT2D eigenvalue weighted by molar-refractivity contribution is 5.96. The van der Waals surface area contributed by atoms with Crippen molar-refractivity contribution in [2.75, 3.05) is 45.4 Å². The molecule has 36 heavy (non-hydrogen) atoms. The lowest BCUT2D eigenvalue weighted by molar-refractivity contribution is 0.152. The molecule has 1 N–H and O–H groups in total. The van der Waals surface area contributed by atoms with E-state index in [-0.39, 0.29) is 35.3 Å². The first-order valence-corrected chi connectivity index (χ1v) is 12.0. The van der Waals surface area contributed by atoms with Gasteiger partial charge in [0.25, 0.3) is 0 Å². The number of methoxy groups -OCH3 is 2. The van der Waals surface area contributed by atoms with E-state index in [1.165, 1.54) is 20.3 Å². The Bertz CT molecular complexity index is 1440. The van der Waals surface area contributed by atoms with E-state index in [0.717, 1.165) is 6.42 Å². The summed E-state index contributed by atoms with van der Waals surface area (Å²) in [5, 5.41) is 12.1. The zero-order valence-corrected chi connectivity index (χ0v) is 20.5. The summed E-state index contributed by atoms with van der Waals surface area (Å²) in [6.45, 7) is 4.15. The molecule has 0 amide bonds. The van der Waals surface area contributed by atoms with Crippen molar-refractivity contribution in [3.63, 3.8) is 0 Å². The molecule has 1 aromatic carbocycles. The summed E-state index contributed by atoms with van der Waals surface area (Å²) < 4.78 is 47.6. The molecule has 1 atom stereocenters. The second-order valence-electron chi connectivity index (χ2n) is 8.75. The predicted octanol–water partition coefficient (Wildman–Crippen LogP) is 1.85. The molecule has 0 saturated carbocycles. The van der Waals surface area contributed by atoms with Crippen LogP contribution in [0.5, 0.6) is 11.9 Å². The number of ether oxygens (including phenoxy) is 3. The van der Waals surface area contributed by atoms with Crippen LogP contribution in [-0.4, -0.2) is 66.7 Å². The fourth-order valence-electron chi connectivity index (χ4n) is 5.00. The van der Waals surface area contributed by atoms with Crippen molar-refractivity contribution in [2.24, 2.45) is 0 Å². The Morgan fingerprint density at radius 3 is 2.69 bits per heavy atom. The molecule has 3 aromatic rings. The lowest BCUT2D eigenvalue weighted by Crippen LogP contribution is -2.38. The molecule has 3 heterocycles. The Labute approximate surface area is 206 Å². The van der Waals surface area contributed by atoms with Crippen molar-refractivity contribution in [3.05, 3.63) is 45.5 Å². The number of rotatable bonds is 5. The number of aliphatic hydroxyl groups is 1. The van der Waals surface area contributed by atoms with Gasteiger partial charge < -0.3 is 24.2 Å². The van der Waals surface area contributed by atoms with E-state index in [2.05, 4.69) is 15.0 Å². The Morgan fingerprint density at radius 1 is 1.11 bits per heavy atom. The van der Waals surface area contributed by atoms with E-state index in [0.29, 0.717) is 65.5 Å². The first-order chi connectivity index (χ1) is 17.5. The first kappa shape index (κ1) is 24.3. The number of fused-ring (bicyclic) bond motifs is 2. The third-order valence-electron chi connectivity index (χ3n) is 6.62. The molecule has 1 unspecified atom stereocenters. The summed E-state index contributed by atoms with van der Waals surface area (Å²) in [5.74, 6) is -0.516. The molecule has 2 aromatic heterocycles. The van der Waals surface area contributed by atoms with Crippen molar-refractivity contribution < 1.29 is 28.1 Å². The van der Waals surface area contributed by atoms with Gasteiger partial charge in [0.05, 0.1) is 26.9 Å². The average Bonchev–Trinajstić information content (AvgIpc) is 3.18. The van der Waals surface area contributed by atoms with Crippen LogP contribution < -0.4 is 24.8 Å². The van der Waals surface area contributed by atoms with E-state index in [1.807, 2.05) is 11.8 Å². The number of benzene rings is 1. The minimum Gasteiger partial charge on any atom is -0.480 e. The average molecular weight is 499 g/mol. The number of nitrogens with zero attached hydrogens (tertiary/aromatic N) is 4. The van der Waals surface area contributed by atoms with E-state index in [9.17, 15) is 9.50 Å². The van der Waals surface area contributed by atoms with Gasteiger partial charge in [-0.05, 0) is 46.6 Å². The van der Waals surface area contributed by atoms with Crippen LogP contribution in [-0.2, 0) is 11.2 Å². The number of aromatic nitrogens is 3.